The van der Waals surface area contributed by atoms with E-state index in [2.05, 4.69) is 16.0 Å². The topological polar surface area (TPSA) is 325 Å². The molecule has 3 amide bonds. The number of ether oxygens (including phenoxy) is 2. The van der Waals surface area contributed by atoms with E-state index in [0.717, 1.165) is 21.7 Å². The fourth-order valence-corrected chi connectivity index (χ4v) is 8.84. The van der Waals surface area contributed by atoms with Crippen molar-refractivity contribution < 1.29 is 86.0 Å². The van der Waals surface area contributed by atoms with E-state index in [1.807, 2.05) is 0 Å². The highest BCUT2D eigenvalue weighted by molar-refractivity contribution is 7.92. The molecule has 4 aromatic carbocycles. The second-order valence-corrected chi connectivity index (χ2v) is 23.2. The molecule has 2 unspecified atom stereocenters. The molecule has 1 aliphatic rings. The molecule has 7 rings (SSSR count). The number of aliphatic hydroxyl groups excluding tert-OH is 2. The van der Waals surface area contributed by atoms with Crippen molar-refractivity contribution in [2.75, 3.05) is 88.7 Å². The van der Waals surface area contributed by atoms with Crippen molar-refractivity contribution in [1.82, 2.24) is 20.9 Å². The van der Waals surface area contributed by atoms with E-state index in [-0.39, 0.29) is 63.9 Å². The molecule has 7 N–H and O–H groups in total. The number of furan rings is 2. The van der Waals surface area contributed by atoms with Gasteiger partial charge in [-0.1, -0.05) is 0 Å². The Morgan fingerprint density at radius 1 is 0.766 bits per heavy atom. The number of hydrogen-bond donors (Lipinski definition) is 7. The van der Waals surface area contributed by atoms with Gasteiger partial charge in [0.1, 0.15) is 39.9 Å². The number of carbonyl (C=O) groups is 3. The lowest BCUT2D eigenvalue weighted by Crippen LogP contribution is -2.41. The molecule has 2 atom stereocenters. The Labute approximate surface area is 443 Å². The molecule has 3 heterocycles. The maximum Gasteiger partial charge on any atom is 0.410 e. The molecule has 77 heavy (non-hydrogen) atoms. The number of hydrogen-bond acceptors (Lipinski definition) is 16. The number of nitrogens with zero attached hydrogens (tertiary/aromatic N) is 3. The fraction of sp³-hybridized carbons (Fsp3) is 0.367. The predicted molar refractivity (Wildman–Crippen MR) is 282 cm³/mol. The van der Waals surface area contributed by atoms with Crippen LogP contribution in [0.3, 0.4) is 0 Å². The van der Waals surface area contributed by atoms with Gasteiger partial charge in [-0.05, 0) is 81.4 Å². The summed E-state index contributed by atoms with van der Waals surface area (Å²) >= 11 is 0. The highest BCUT2D eigenvalue weighted by Crippen LogP contribution is 2.42. The maximum atomic E-state index is 13.6. The first-order valence-electron chi connectivity index (χ1n) is 23.1. The summed E-state index contributed by atoms with van der Waals surface area (Å²) < 4.78 is 134. The van der Waals surface area contributed by atoms with E-state index in [0.29, 0.717) is 53.0 Å². The van der Waals surface area contributed by atoms with Crippen molar-refractivity contribution in [3.05, 3.63) is 107 Å². The van der Waals surface area contributed by atoms with Crippen LogP contribution in [0, 0.1) is 11.6 Å². The first kappa shape index (κ1) is 61.1. The van der Waals surface area contributed by atoms with Crippen LogP contribution in [0.5, 0.6) is 0 Å². The summed E-state index contributed by atoms with van der Waals surface area (Å²) in [7, 11) is -6.39. The summed E-state index contributed by atoms with van der Waals surface area (Å²) in [5, 5.41) is 30.0. The second-order valence-electron chi connectivity index (χ2n) is 18.2. The first-order chi connectivity index (χ1) is 35.8. The number of sulfonamides is 2. The number of anilines is 2. The largest absolute Gasteiger partial charge is 0.455 e. The lowest BCUT2D eigenvalue weighted by Gasteiger charge is -2.30. The quantitative estimate of drug-likeness (QED) is 0.0684. The van der Waals surface area contributed by atoms with Crippen molar-refractivity contribution in [3.63, 3.8) is 0 Å². The molecule has 1 saturated heterocycles. The Morgan fingerprint density at radius 2 is 1.21 bits per heavy atom. The van der Waals surface area contributed by atoms with Gasteiger partial charge in [-0.2, -0.15) is 8.42 Å². The summed E-state index contributed by atoms with van der Waals surface area (Å²) in [4.78, 5) is 39.7. The van der Waals surface area contributed by atoms with Crippen LogP contribution in [-0.4, -0.2) is 153 Å². The number of carbonyl (C=O) groups excluding carboxylic acids is 3. The fourth-order valence-electron chi connectivity index (χ4n) is 7.81. The predicted octanol–water partition coefficient (Wildman–Crippen LogP) is 5.26. The summed E-state index contributed by atoms with van der Waals surface area (Å²) in [5.41, 5.74) is 2.06. The van der Waals surface area contributed by atoms with Gasteiger partial charge >= 0.3 is 16.5 Å². The van der Waals surface area contributed by atoms with E-state index < -0.39 is 78.5 Å². The van der Waals surface area contributed by atoms with Gasteiger partial charge in [-0.15, -0.1) is 0 Å². The minimum atomic E-state index is -4.67. The number of rotatable bonds is 14. The lowest BCUT2D eigenvalue weighted by atomic mass is 9.99. The first-order valence-corrected chi connectivity index (χ1v) is 28.2. The van der Waals surface area contributed by atoms with Gasteiger partial charge in [-0.25, -0.2) is 30.4 Å². The molecule has 0 bridgehead atoms. The lowest BCUT2D eigenvalue weighted by molar-refractivity contribution is 0.0109. The molecule has 23 nitrogen and oxygen atoms in total. The Kier molecular flexibility index (Phi) is 19.6. The van der Waals surface area contributed by atoms with Crippen molar-refractivity contribution in [1.29, 1.82) is 0 Å². The number of benzene rings is 4. The normalized spacial score (nSPS) is 14.4. The molecular weight excluding hydrogens is 1080 g/mol. The van der Waals surface area contributed by atoms with Crippen LogP contribution in [0.1, 0.15) is 64.8 Å². The molecular formula is C49H60F2N6O17S3. The van der Waals surface area contributed by atoms with Gasteiger partial charge in [-0.3, -0.25) is 27.3 Å². The van der Waals surface area contributed by atoms with Crippen LogP contribution in [0.15, 0.2) is 81.6 Å². The Hall–Kier alpha value is -6.76. The van der Waals surface area contributed by atoms with Crippen LogP contribution >= 0.6 is 0 Å². The number of aliphatic hydroxyl groups is 2. The van der Waals surface area contributed by atoms with Gasteiger partial charge in [0.25, 0.3) is 11.8 Å². The van der Waals surface area contributed by atoms with Crippen LogP contribution in [-0.2, 0) is 39.9 Å². The van der Waals surface area contributed by atoms with Gasteiger partial charge in [0.15, 0.2) is 0 Å². The van der Waals surface area contributed by atoms with Crippen LogP contribution in [0.25, 0.3) is 44.6 Å². The van der Waals surface area contributed by atoms with Gasteiger partial charge in [0.05, 0.1) is 67.0 Å². The molecule has 0 aliphatic carbocycles. The molecule has 0 radical (unpaired) electrons. The Bertz CT molecular complexity index is 3440. The minimum Gasteiger partial charge on any atom is -0.455 e. The maximum absolute atomic E-state index is 13.6. The Morgan fingerprint density at radius 3 is 1.61 bits per heavy atom. The number of morpholine rings is 1. The van der Waals surface area contributed by atoms with Gasteiger partial charge in [0.2, 0.25) is 20.0 Å². The number of halogens is 2. The van der Waals surface area contributed by atoms with E-state index in [1.54, 1.807) is 32.9 Å². The summed E-state index contributed by atoms with van der Waals surface area (Å²) in [6.07, 6.45) is -0.567. The monoisotopic (exact) mass is 1140 g/mol. The van der Waals surface area contributed by atoms with E-state index >= 15 is 0 Å². The molecule has 1 fully saturated rings. The zero-order valence-electron chi connectivity index (χ0n) is 43.2. The highest BCUT2D eigenvalue weighted by atomic mass is 32.3. The summed E-state index contributed by atoms with van der Waals surface area (Å²) in [6, 6.07) is 17.0. The molecule has 1 aliphatic heterocycles. The number of fused-ring (bicyclic) bond motifs is 2. The third kappa shape index (κ3) is 15.7. The third-order valence-corrected chi connectivity index (χ3v) is 13.9. The SMILES string of the molecule is CNC(=O)c1c(-c2ccc(F)cc2)oc2cc(N(C)S(C)(=O)=O)c(C(O)CN(CCO)C(=O)OC(C)(C)C)cc12.CNC(=O)c1c(-c2ccc(F)cc2)oc2cc(N(C)S(C)(=O)=O)c(C3CNCCO3)cc12.O=S(=O)(O)O. The van der Waals surface area contributed by atoms with E-state index in [1.165, 1.54) is 93.2 Å². The molecule has 0 saturated carbocycles. The van der Waals surface area contributed by atoms with E-state index in [4.69, 9.17) is 35.8 Å². The summed E-state index contributed by atoms with van der Waals surface area (Å²) in [5.74, 6) is -1.41. The minimum absolute atomic E-state index is 0.0403. The molecule has 0 spiro atoms. The summed E-state index contributed by atoms with van der Waals surface area (Å²) in [6.45, 7) is 5.74. The number of amides is 3. The van der Waals surface area contributed by atoms with Crippen LogP contribution in [0.2, 0.25) is 0 Å². The average molecular weight is 1140 g/mol. The van der Waals surface area contributed by atoms with Crippen molar-refractivity contribution >= 4 is 81.7 Å². The molecule has 28 heteroatoms. The highest BCUT2D eigenvalue weighted by Gasteiger charge is 2.32. The third-order valence-electron chi connectivity index (χ3n) is 11.5. The smallest absolute Gasteiger partial charge is 0.410 e. The van der Waals surface area contributed by atoms with Gasteiger partial charge < -0.3 is 49.4 Å². The molecule has 420 valence electrons. The standard InChI is InChI=1S/C27H34FN3O8S.C22H24FN3O5S.H2O4S/c1-27(2,3)39-26(35)31(11-12-32)15-21(33)18-13-19-22(14-20(18)30(5)40(6,36)37)38-24(23(19)25(34)29-4)16-7-9-17(28)10-8-16;1-24-22(27)20-16-10-15(19-12-25-8-9-30-19)17(26(2)32(3,28)29)11-18(16)31-21(20)13-4-6-14(23)7-5-13;1-5(2,3)4/h7-10,13-14,21,32-33H,11-12,15H2,1-6H3,(H,29,34);4-7,10-11,19,25H,8-9,12H2,1-3H3,(H,24,27);(H2,1,2,3,4). The van der Waals surface area contributed by atoms with Crippen molar-refractivity contribution in [2.24, 2.45) is 0 Å². The number of nitrogens with one attached hydrogen (secondary N) is 3. The zero-order chi connectivity index (χ0) is 57.5. The van der Waals surface area contributed by atoms with Crippen LogP contribution < -0.4 is 24.6 Å². The Balaban J connectivity index is 0.000000266. The van der Waals surface area contributed by atoms with Crippen LogP contribution in [0.4, 0.5) is 25.0 Å². The zero-order valence-corrected chi connectivity index (χ0v) is 45.7. The molecule has 2 aromatic heterocycles. The van der Waals surface area contributed by atoms with Crippen molar-refractivity contribution in [2.45, 2.75) is 38.6 Å². The molecule has 6 aromatic rings. The average Bonchev–Trinajstić information content (AvgIpc) is 3.92. The van der Waals surface area contributed by atoms with Crippen molar-refractivity contribution in [3.8, 4) is 22.6 Å². The van der Waals surface area contributed by atoms with Gasteiger partial charge in [0, 0.05) is 93.0 Å². The second kappa shape index (κ2) is 24.7. The van der Waals surface area contributed by atoms with E-state index in [9.17, 15) is 50.2 Å².